The summed E-state index contributed by atoms with van der Waals surface area (Å²) < 4.78 is 5.97. The molecule has 3 nitrogen and oxygen atoms in total. The molecular weight excluding hydrogens is 316 g/mol. The Bertz CT molecular complexity index is 636. The third-order valence-corrected chi connectivity index (χ3v) is 4.51. The zero-order valence-electron chi connectivity index (χ0n) is 13.8. The van der Waals surface area contributed by atoms with Crippen LogP contribution in [0.2, 0.25) is 0 Å². The molecule has 0 radical (unpaired) electrons. The lowest BCUT2D eigenvalue weighted by molar-refractivity contribution is 0.210. The van der Waals surface area contributed by atoms with Crippen molar-refractivity contribution < 1.29 is 4.74 Å². The second-order valence-electron chi connectivity index (χ2n) is 6.17. The fraction of sp³-hybridized carbons (Fsp3) is 0.350. The van der Waals surface area contributed by atoms with Crippen LogP contribution in [0.1, 0.15) is 31.2 Å². The third kappa shape index (κ3) is 5.24. The number of rotatable bonds is 6. The van der Waals surface area contributed by atoms with E-state index in [0.717, 1.165) is 24.4 Å². The minimum Gasteiger partial charge on any atom is -0.490 e. The first-order valence-corrected chi connectivity index (χ1v) is 9.06. The maximum atomic E-state index is 5.97. The summed E-state index contributed by atoms with van der Waals surface area (Å²) in [6.07, 6.45) is 6.27. The maximum Gasteiger partial charge on any atom is 0.170 e. The van der Waals surface area contributed by atoms with E-state index in [9.17, 15) is 0 Å². The van der Waals surface area contributed by atoms with Crippen molar-refractivity contribution in [2.75, 3.05) is 11.9 Å². The summed E-state index contributed by atoms with van der Waals surface area (Å²) in [5, 5.41) is 7.10. The molecule has 0 aromatic heterocycles. The van der Waals surface area contributed by atoms with E-state index in [-0.39, 0.29) is 0 Å². The van der Waals surface area contributed by atoms with Gasteiger partial charge in [-0.1, -0.05) is 30.3 Å². The monoisotopic (exact) mass is 340 g/mol. The van der Waals surface area contributed by atoms with Crippen molar-refractivity contribution in [3.8, 4) is 5.75 Å². The fourth-order valence-corrected chi connectivity index (χ4v) is 3.18. The number of ether oxygens (including phenoxy) is 1. The third-order valence-electron chi connectivity index (χ3n) is 4.26. The highest BCUT2D eigenvalue weighted by atomic mass is 32.1. The molecule has 126 valence electrons. The number of nitrogens with one attached hydrogen (secondary N) is 2. The van der Waals surface area contributed by atoms with Gasteiger partial charge in [-0.15, -0.1) is 0 Å². The molecule has 0 aliphatic heterocycles. The Kier molecular flexibility index (Phi) is 6.07. The highest BCUT2D eigenvalue weighted by Gasteiger charge is 2.16. The van der Waals surface area contributed by atoms with Crippen LogP contribution in [-0.4, -0.2) is 17.8 Å². The van der Waals surface area contributed by atoms with Crippen molar-refractivity contribution in [3.05, 3.63) is 60.2 Å². The molecule has 1 saturated carbocycles. The zero-order valence-corrected chi connectivity index (χ0v) is 14.6. The largest absolute Gasteiger partial charge is 0.490 e. The summed E-state index contributed by atoms with van der Waals surface area (Å²) >= 11 is 5.35. The molecule has 1 aliphatic rings. The molecule has 0 unspecified atom stereocenters. The Morgan fingerprint density at radius 1 is 1.00 bits per heavy atom. The first-order valence-electron chi connectivity index (χ1n) is 8.65. The van der Waals surface area contributed by atoms with Gasteiger partial charge in [0.05, 0.1) is 6.10 Å². The van der Waals surface area contributed by atoms with E-state index in [1.54, 1.807) is 0 Å². The summed E-state index contributed by atoms with van der Waals surface area (Å²) in [5.41, 5.74) is 2.28. The molecule has 2 aromatic carbocycles. The summed E-state index contributed by atoms with van der Waals surface area (Å²) in [6, 6.07) is 18.4. The Balaban J connectivity index is 1.40. The van der Waals surface area contributed by atoms with Crippen LogP contribution in [0.4, 0.5) is 5.69 Å². The molecule has 1 aliphatic carbocycles. The van der Waals surface area contributed by atoms with E-state index in [2.05, 4.69) is 34.9 Å². The maximum absolute atomic E-state index is 5.97. The molecule has 2 aromatic rings. The smallest absolute Gasteiger partial charge is 0.170 e. The molecule has 1 fully saturated rings. The molecule has 4 heteroatoms. The van der Waals surface area contributed by atoms with Crippen LogP contribution in [0.3, 0.4) is 0 Å². The molecule has 0 amide bonds. The molecule has 24 heavy (non-hydrogen) atoms. The van der Waals surface area contributed by atoms with Crippen molar-refractivity contribution >= 4 is 23.0 Å². The van der Waals surface area contributed by atoms with Gasteiger partial charge in [-0.2, -0.15) is 0 Å². The standard InChI is InChI=1S/C20H24N2OS/c24-20(21-15-14-16-6-2-1-3-7-16)22-17-10-12-19(13-11-17)23-18-8-4-5-9-18/h1-3,6-7,10-13,18H,4-5,8-9,14-15H2,(H2,21,22,24). The summed E-state index contributed by atoms with van der Waals surface area (Å²) in [5.74, 6) is 0.940. The van der Waals surface area contributed by atoms with Crippen molar-refractivity contribution in [1.82, 2.24) is 5.32 Å². The quantitative estimate of drug-likeness (QED) is 0.757. The van der Waals surface area contributed by atoms with Crippen LogP contribution < -0.4 is 15.4 Å². The van der Waals surface area contributed by atoms with Gasteiger partial charge in [0.15, 0.2) is 5.11 Å². The lowest BCUT2D eigenvalue weighted by Gasteiger charge is -2.14. The van der Waals surface area contributed by atoms with Gasteiger partial charge in [0.2, 0.25) is 0 Å². The Morgan fingerprint density at radius 3 is 2.42 bits per heavy atom. The van der Waals surface area contributed by atoms with Crippen molar-refractivity contribution in [2.24, 2.45) is 0 Å². The summed E-state index contributed by atoms with van der Waals surface area (Å²) in [6.45, 7) is 0.818. The van der Waals surface area contributed by atoms with Crippen LogP contribution in [0, 0.1) is 0 Å². The van der Waals surface area contributed by atoms with E-state index in [1.807, 2.05) is 30.3 Å². The van der Waals surface area contributed by atoms with Gasteiger partial charge in [0, 0.05) is 12.2 Å². The highest BCUT2D eigenvalue weighted by molar-refractivity contribution is 7.80. The van der Waals surface area contributed by atoms with Gasteiger partial charge in [0.25, 0.3) is 0 Å². The Morgan fingerprint density at radius 2 is 1.71 bits per heavy atom. The first kappa shape index (κ1) is 16.8. The minimum atomic E-state index is 0.393. The minimum absolute atomic E-state index is 0.393. The van der Waals surface area contributed by atoms with Gasteiger partial charge in [-0.25, -0.2) is 0 Å². The van der Waals surface area contributed by atoms with Gasteiger partial charge >= 0.3 is 0 Å². The SMILES string of the molecule is S=C(NCCc1ccccc1)Nc1ccc(OC2CCCC2)cc1. The normalized spacial score (nSPS) is 14.3. The molecule has 0 atom stereocenters. The van der Waals surface area contributed by atoms with Crippen molar-refractivity contribution in [1.29, 1.82) is 0 Å². The van der Waals surface area contributed by atoms with E-state index in [4.69, 9.17) is 17.0 Å². The number of thiocarbonyl (C=S) groups is 1. The fourth-order valence-electron chi connectivity index (χ4n) is 2.96. The van der Waals surface area contributed by atoms with Crippen LogP contribution in [0.5, 0.6) is 5.75 Å². The average molecular weight is 340 g/mol. The van der Waals surface area contributed by atoms with Crippen LogP contribution >= 0.6 is 12.2 Å². The summed E-state index contributed by atoms with van der Waals surface area (Å²) in [7, 11) is 0. The van der Waals surface area contributed by atoms with E-state index in [1.165, 1.54) is 31.2 Å². The Labute approximate surface area is 149 Å². The molecule has 3 rings (SSSR count). The summed E-state index contributed by atoms with van der Waals surface area (Å²) in [4.78, 5) is 0. The van der Waals surface area contributed by atoms with Gasteiger partial charge < -0.3 is 15.4 Å². The number of hydrogen-bond acceptors (Lipinski definition) is 2. The predicted octanol–water partition coefficient (Wildman–Crippen LogP) is 4.54. The van der Waals surface area contributed by atoms with E-state index in [0.29, 0.717) is 11.2 Å². The Hall–Kier alpha value is -2.07. The molecule has 2 N–H and O–H groups in total. The van der Waals surface area contributed by atoms with Crippen LogP contribution in [0.25, 0.3) is 0 Å². The first-order chi connectivity index (χ1) is 11.8. The van der Waals surface area contributed by atoms with Crippen molar-refractivity contribution in [3.63, 3.8) is 0 Å². The number of anilines is 1. The number of hydrogen-bond donors (Lipinski definition) is 2. The average Bonchev–Trinajstić information content (AvgIpc) is 3.11. The lowest BCUT2D eigenvalue weighted by Crippen LogP contribution is -2.30. The zero-order chi connectivity index (χ0) is 16.6. The second-order valence-corrected chi connectivity index (χ2v) is 6.57. The van der Waals surface area contributed by atoms with Gasteiger partial charge in [-0.05, 0) is 74.2 Å². The molecule has 0 saturated heterocycles. The molecule has 0 heterocycles. The van der Waals surface area contributed by atoms with Crippen LogP contribution in [-0.2, 0) is 6.42 Å². The lowest BCUT2D eigenvalue weighted by atomic mass is 10.1. The predicted molar refractivity (Wildman–Crippen MR) is 104 cm³/mol. The van der Waals surface area contributed by atoms with E-state index < -0.39 is 0 Å². The molecule has 0 spiro atoms. The van der Waals surface area contributed by atoms with Crippen LogP contribution in [0.15, 0.2) is 54.6 Å². The molecule has 0 bridgehead atoms. The van der Waals surface area contributed by atoms with E-state index >= 15 is 0 Å². The molecular formula is C20H24N2OS. The van der Waals surface area contributed by atoms with Crippen molar-refractivity contribution in [2.45, 2.75) is 38.2 Å². The number of benzene rings is 2. The second kappa shape index (κ2) is 8.69. The topological polar surface area (TPSA) is 33.3 Å². The van der Waals surface area contributed by atoms with Gasteiger partial charge in [-0.3, -0.25) is 0 Å². The highest BCUT2D eigenvalue weighted by Crippen LogP contribution is 2.24. The van der Waals surface area contributed by atoms with Gasteiger partial charge in [0.1, 0.15) is 5.75 Å².